The van der Waals surface area contributed by atoms with E-state index in [-0.39, 0.29) is 0 Å². The molecule has 0 bridgehead atoms. The van der Waals surface area contributed by atoms with Gasteiger partial charge in [0.15, 0.2) is 5.82 Å². The number of furan rings is 1. The van der Waals surface area contributed by atoms with Crippen LogP contribution in [0.2, 0.25) is 0 Å². The zero-order valence-corrected chi connectivity index (χ0v) is 10.0. The molecule has 0 aromatic carbocycles. The van der Waals surface area contributed by atoms with Crippen LogP contribution in [0, 0.1) is 0 Å². The van der Waals surface area contributed by atoms with E-state index in [1.807, 2.05) is 31.2 Å². The van der Waals surface area contributed by atoms with E-state index < -0.39 is 0 Å². The Morgan fingerprint density at radius 3 is 3.12 bits per heavy atom. The first-order chi connectivity index (χ1) is 8.36. The number of hydrogen-bond donors (Lipinski definition) is 0. The Hall–Kier alpha value is -1.95. The standard InChI is InChI=1S/C11H10N4OS/c1-2-9-12-13-11-15(9)14-10(17-11)6-5-8-4-3-7-16-8/h3-7H,2H2,1H3. The largest absolute Gasteiger partial charge is 0.465 e. The highest BCUT2D eigenvalue weighted by Crippen LogP contribution is 2.16. The predicted octanol–water partition coefficient (Wildman–Crippen LogP) is 2.51. The fourth-order valence-electron chi connectivity index (χ4n) is 1.50. The summed E-state index contributed by atoms with van der Waals surface area (Å²) in [7, 11) is 0. The van der Waals surface area contributed by atoms with Gasteiger partial charge in [-0.2, -0.15) is 9.61 Å². The zero-order valence-electron chi connectivity index (χ0n) is 9.20. The van der Waals surface area contributed by atoms with Crippen LogP contribution in [0.15, 0.2) is 22.8 Å². The van der Waals surface area contributed by atoms with E-state index in [4.69, 9.17) is 4.42 Å². The Morgan fingerprint density at radius 2 is 2.35 bits per heavy atom. The Bertz CT molecular complexity index is 650. The van der Waals surface area contributed by atoms with Gasteiger partial charge >= 0.3 is 0 Å². The highest BCUT2D eigenvalue weighted by Gasteiger charge is 2.08. The van der Waals surface area contributed by atoms with E-state index in [1.54, 1.807) is 10.8 Å². The topological polar surface area (TPSA) is 56.2 Å². The number of hydrogen-bond acceptors (Lipinski definition) is 5. The predicted molar refractivity (Wildman–Crippen MR) is 65.7 cm³/mol. The van der Waals surface area contributed by atoms with E-state index >= 15 is 0 Å². The average Bonchev–Trinajstić information content (AvgIpc) is 3.02. The lowest BCUT2D eigenvalue weighted by Gasteiger charge is -1.86. The number of rotatable bonds is 3. The van der Waals surface area contributed by atoms with Gasteiger partial charge in [0, 0.05) is 6.42 Å². The summed E-state index contributed by atoms with van der Waals surface area (Å²) in [5.41, 5.74) is 0. The summed E-state index contributed by atoms with van der Waals surface area (Å²) in [4.78, 5) is 0.820. The van der Waals surface area contributed by atoms with Crippen LogP contribution in [0.5, 0.6) is 0 Å². The van der Waals surface area contributed by atoms with E-state index in [0.29, 0.717) is 0 Å². The molecule has 0 amide bonds. The minimum atomic E-state index is 0.812. The maximum absolute atomic E-state index is 5.21. The number of fused-ring (bicyclic) bond motifs is 1. The van der Waals surface area contributed by atoms with Crippen molar-refractivity contribution in [1.82, 2.24) is 19.8 Å². The molecule has 0 N–H and O–H groups in total. The van der Waals surface area contributed by atoms with Crippen molar-refractivity contribution in [2.75, 3.05) is 0 Å². The van der Waals surface area contributed by atoms with Gasteiger partial charge in [0.25, 0.3) is 0 Å². The highest BCUT2D eigenvalue weighted by atomic mass is 32.1. The first-order valence-electron chi connectivity index (χ1n) is 5.29. The molecule has 17 heavy (non-hydrogen) atoms. The monoisotopic (exact) mass is 246 g/mol. The number of aromatic nitrogens is 4. The van der Waals surface area contributed by atoms with Gasteiger partial charge in [-0.1, -0.05) is 18.3 Å². The van der Waals surface area contributed by atoms with Crippen molar-refractivity contribution >= 4 is 28.4 Å². The summed E-state index contributed by atoms with van der Waals surface area (Å²) in [5, 5.41) is 13.4. The molecular formula is C11H10N4OS. The molecule has 0 spiro atoms. The number of aryl methyl sites for hydroxylation is 1. The van der Waals surface area contributed by atoms with Crippen LogP contribution in [0.4, 0.5) is 0 Å². The molecule has 3 heterocycles. The second-order valence-corrected chi connectivity index (χ2v) is 4.44. The lowest BCUT2D eigenvalue weighted by Crippen LogP contribution is -1.92. The van der Waals surface area contributed by atoms with Gasteiger partial charge in [-0.05, 0) is 24.3 Å². The van der Waals surface area contributed by atoms with Crippen molar-refractivity contribution in [2.45, 2.75) is 13.3 Å². The molecule has 3 aromatic heterocycles. The van der Waals surface area contributed by atoms with E-state index in [1.165, 1.54) is 11.3 Å². The molecular weight excluding hydrogens is 236 g/mol. The number of nitrogens with zero attached hydrogens (tertiary/aromatic N) is 4. The first kappa shape index (κ1) is 10.2. The molecule has 0 aliphatic carbocycles. The van der Waals surface area contributed by atoms with Crippen molar-refractivity contribution in [1.29, 1.82) is 0 Å². The van der Waals surface area contributed by atoms with E-state index in [2.05, 4.69) is 15.3 Å². The highest BCUT2D eigenvalue weighted by molar-refractivity contribution is 7.17. The Morgan fingerprint density at radius 1 is 1.41 bits per heavy atom. The SMILES string of the molecule is CCc1nnc2sc(C=Cc3ccco3)nn12. The molecule has 3 aromatic rings. The van der Waals surface area contributed by atoms with Gasteiger partial charge in [0.2, 0.25) is 4.96 Å². The summed E-state index contributed by atoms with van der Waals surface area (Å²) in [6.07, 6.45) is 6.27. The molecule has 0 unspecified atom stereocenters. The first-order valence-corrected chi connectivity index (χ1v) is 6.11. The van der Waals surface area contributed by atoms with Crippen LogP contribution in [0.3, 0.4) is 0 Å². The van der Waals surface area contributed by atoms with Gasteiger partial charge in [0.05, 0.1) is 6.26 Å². The van der Waals surface area contributed by atoms with Gasteiger partial charge in [-0.25, -0.2) is 0 Å². The average molecular weight is 246 g/mol. The van der Waals surface area contributed by atoms with Gasteiger partial charge in [-0.3, -0.25) is 0 Å². The second kappa shape index (κ2) is 4.14. The second-order valence-electron chi connectivity index (χ2n) is 3.45. The van der Waals surface area contributed by atoms with E-state index in [9.17, 15) is 0 Å². The van der Waals surface area contributed by atoms with Crippen LogP contribution >= 0.6 is 11.3 Å². The van der Waals surface area contributed by atoms with Crippen molar-refractivity contribution in [3.8, 4) is 0 Å². The minimum Gasteiger partial charge on any atom is -0.465 e. The van der Waals surface area contributed by atoms with E-state index in [0.717, 1.165) is 28.0 Å². The molecule has 0 aliphatic heterocycles. The summed E-state index contributed by atoms with van der Waals surface area (Å²) < 4.78 is 7.00. The van der Waals surface area contributed by atoms with Crippen LogP contribution < -0.4 is 0 Å². The molecule has 0 atom stereocenters. The van der Waals surface area contributed by atoms with Gasteiger partial charge < -0.3 is 4.42 Å². The molecule has 3 rings (SSSR count). The lowest BCUT2D eigenvalue weighted by molar-refractivity contribution is 0.557. The molecule has 86 valence electrons. The smallest absolute Gasteiger partial charge is 0.234 e. The fourth-order valence-corrected chi connectivity index (χ4v) is 2.26. The third kappa shape index (κ3) is 1.87. The Kier molecular flexibility index (Phi) is 2.49. The molecule has 0 aliphatic rings. The normalized spacial score (nSPS) is 11.8. The van der Waals surface area contributed by atoms with Gasteiger partial charge in [-0.15, -0.1) is 10.2 Å². The molecule has 0 saturated carbocycles. The summed E-state index contributed by atoms with van der Waals surface area (Å²) in [6, 6.07) is 3.75. The summed E-state index contributed by atoms with van der Waals surface area (Å²) in [5.74, 6) is 1.69. The van der Waals surface area contributed by atoms with Crippen LogP contribution in [0.1, 0.15) is 23.5 Å². The van der Waals surface area contributed by atoms with Crippen LogP contribution in [0.25, 0.3) is 17.1 Å². The Balaban J connectivity index is 1.93. The maximum Gasteiger partial charge on any atom is 0.234 e. The third-order valence-corrected chi connectivity index (χ3v) is 3.18. The quantitative estimate of drug-likeness (QED) is 0.712. The summed E-state index contributed by atoms with van der Waals surface area (Å²) in [6.45, 7) is 2.04. The molecule has 0 fully saturated rings. The van der Waals surface area contributed by atoms with Crippen LogP contribution in [-0.2, 0) is 6.42 Å². The van der Waals surface area contributed by atoms with Gasteiger partial charge in [0.1, 0.15) is 10.8 Å². The molecule has 0 radical (unpaired) electrons. The molecule has 0 saturated heterocycles. The maximum atomic E-state index is 5.21. The fraction of sp³-hybridized carbons (Fsp3) is 0.182. The Labute approximate surface area is 101 Å². The zero-order chi connectivity index (χ0) is 11.7. The van der Waals surface area contributed by atoms with Crippen molar-refractivity contribution in [3.05, 3.63) is 35.0 Å². The van der Waals surface area contributed by atoms with Crippen molar-refractivity contribution in [3.63, 3.8) is 0 Å². The van der Waals surface area contributed by atoms with Crippen molar-refractivity contribution in [2.24, 2.45) is 0 Å². The van der Waals surface area contributed by atoms with Crippen LogP contribution in [-0.4, -0.2) is 19.8 Å². The molecule has 5 nitrogen and oxygen atoms in total. The van der Waals surface area contributed by atoms with Crippen molar-refractivity contribution < 1.29 is 4.42 Å². The lowest BCUT2D eigenvalue weighted by atomic mass is 10.4. The minimum absolute atomic E-state index is 0.812. The summed E-state index contributed by atoms with van der Waals surface area (Å²) >= 11 is 1.51. The molecule has 6 heteroatoms. The third-order valence-electron chi connectivity index (χ3n) is 2.32.